The van der Waals surface area contributed by atoms with Crippen LogP contribution in [0.4, 0.5) is 24.7 Å². The predicted molar refractivity (Wildman–Crippen MR) is 134 cm³/mol. The van der Waals surface area contributed by atoms with E-state index in [0.29, 0.717) is 36.7 Å². The van der Waals surface area contributed by atoms with Crippen molar-refractivity contribution in [1.82, 2.24) is 14.9 Å². The highest BCUT2D eigenvalue weighted by atomic mass is 19.4. The van der Waals surface area contributed by atoms with Crippen LogP contribution >= 0.6 is 0 Å². The normalized spacial score (nSPS) is 12.6. The van der Waals surface area contributed by atoms with Gasteiger partial charge in [-0.1, -0.05) is 49.4 Å². The van der Waals surface area contributed by atoms with Gasteiger partial charge in [-0.3, -0.25) is 4.79 Å². The summed E-state index contributed by atoms with van der Waals surface area (Å²) in [5.41, 5.74) is 0.522. The highest BCUT2D eigenvalue weighted by Crippen LogP contribution is 2.35. The Morgan fingerprint density at radius 3 is 2.38 bits per heavy atom. The molecule has 0 amide bonds. The average molecular weight is 504 g/mol. The van der Waals surface area contributed by atoms with Crippen molar-refractivity contribution in [2.75, 3.05) is 0 Å². The summed E-state index contributed by atoms with van der Waals surface area (Å²) in [5, 5.41) is 4.41. The Kier molecular flexibility index (Phi) is 6.52. The molecule has 0 spiro atoms. The largest absolute Gasteiger partial charge is 0.489 e. The molecule has 1 aromatic heterocycles. The number of hydrogen-bond acceptors (Lipinski definition) is 4. The maximum Gasteiger partial charge on any atom is 0.416 e. The molecule has 1 aliphatic rings. The molecule has 2 heterocycles. The van der Waals surface area contributed by atoms with Crippen LogP contribution in [0.1, 0.15) is 30.0 Å². The van der Waals surface area contributed by atoms with E-state index in [1.807, 2.05) is 37.3 Å². The number of aliphatic imine (C=N–C) groups is 1. The summed E-state index contributed by atoms with van der Waals surface area (Å²) >= 11 is 0. The predicted octanol–water partition coefficient (Wildman–Crippen LogP) is 6.25. The molecule has 0 N–H and O–H groups in total. The van der Waals surface area contributed by atoms with Crippen LogP contribution in [0.5, 0.6) is 5.75 Å². The average Bonchev–Trinajstić information content (AvgIpc) is 3.36. The Morgan fingerprint density at radius 2 is 1.68 bits per heavy atom. The van der Waals surface area contributed by atoms with Crippen LogP contribution in [0.15, 0.2) is 88.6 Å². The molecule has 0 bridgehead atoms. The molecule has 0 saturated heterocycles. The van der Waals surface area contributed by atoms with Gasteiger partial charge in [0, 0.05) is 17.7 Å². The van der Waals surface area contributed by atoms with Gasteiger partial charge < -0.3 is 9.30 Å². The van der Waals surface area contributed by atoms with Crippen LogP contribution in [0.3, 0.4) is 0 Å². The zero-order valence-corrected chi connectivity index (χ0v) is 19.9. The molecule has 0 aliphatic carbocycles. The van der Waals surface area contributed by atoms with Crippen LogP contribution in [-0.4, -0.2) is 15.4 Å². The number of hydrogen-bond donors (Lipinski definition) is 0. The van der Waals surface area contributed by atoms with Gasteiger partial charge in [0.2, 0.25) is 0 Å². The van der Waals surface area contributed by atoms with Crippen molar-refractivity contribution < 1.29 is 17.9 Å². The van der Waals surface area contributed by atoms with Crippen LogP contribution < -0.4 is 15.6 Å². The summed E-state index contributed by atoms with van der Waals surface area (Å²) in [6.45, 7) is 2.75. The molecular weight excluding hydrogens is 481 g/mol. The van der Waals surface area contributed by atoms with Crippen LogP contribution in [0.2, 0.25) is 0 Å². The molecule has 9 heteroatoms. The van der Waals surface area contributed by atoms with E-state index < -0.39 is 17.3 Å². The maximum atomic E-state index is 13.3. The van der Waals surface area contributed by atoms with Crippen LogP contribution in [0, 0.1) is 0 Å². The zero-order chi connectivity index (χ0) is 26.0. The first-order valence-corrected chi connectivity index (χ1v) is 11.7. The van der Waals surface area contributed by atoms with E-state index in [-0.39, 0.29) is 22.9 Å². The van der Waals surface area contributed by atoms with E-state index in [0.717, 1.165) is 17.7 Å². The standard InChI is InChI=1S/C28H22F3N4O2/c1-2-15-35-25(20-9-6-10-21(16-20)28(29,30)31)34-27(36)23-26(35)33-24(32-23)19-11-13-22(14-12-19)37-17-18-7-4-3-5-8-18/h3-14,16H,2,15,17H2,1H3. The Labute approximate surface area is 211 Å². The summed E-state index contributed by atoms with van der Waals surface area (Å²) in [5.74, 6) is 1.41. The summed E-state index contributed by atoms with van der Waals surface area (Å²) in [6, 6.07) is 21.7. The van der Waals surface area contributed by atoms with Crippen molar-refractivity contribution in [2.24, 2.45) is 4.99 Å². The number of rotatable bonds is 7. The van der Waals surface area contributed by atoms with E-state index in [1.54, 1.807) is 28.8 Å². The third kappa shape index (κ3) is 5.11. The van der Waals surface area contributed by atoms with Crippen LogP contribution in [0.25, 0.3) is 11.4 Å². The van der Waals surface area contributed by atoms with Gasteiger partial charge in [-0.25, -0.2) is 10.3 Å². The monoisotopic (exact) mass is 503 g/mol. The molecule has 0 fully saturated rings. The van der Waals surface area contributed by atoms with E-state index in [4.69, 9.17) is 4.74 Å². The third-order valence-electron chi connectivity index (χ3n) is 5.82. The van der Waals surface area contributed by atoms with Gasteiger partial charge in [0.25, 0.3) is 0 Å². The number of fused-ring (bicyclic) bond motifs is 1. The molecule has 187 valence electrons. The number of alkyl halides is 3. The lowest BCUT2D eigenvalue weighted by Crippen LogP contribution is -2.19. The Hall–Kier alpha value is -4.40. The molecule has 4 aromatic rings. The van der Waals surface area contributed by atoms with E-state index >= 15 is 0 Å². The van der Waals surface area contributed by atoms with Crippen molar-refractivity contribution in [3.63, 3.8) is 0 Å². The number of halogens is 3. The fraction of sp³-hybridized carbons (Fsp3) is 0.179. The lowest BCUT2D eigenvalue weighted by Gasteiger charge is -2.15. The SMILES string of the molecule is CCCn1c(-c2cccc(C(F)(F)F)c2)nc(=O)c2c1N=C(c1ccc(OCc3ccccc3)cc1)[N]2. The van der Waals surface area contributed by atoms with Crippen molar-refractivity contribution in [3.05, 3.63) is 106 Å². The smallest absolute Gasteiger partial charge is 0.416 e. The van der Waals surface area contributed by atoms with Gasteiger partial charge in [0.1, 0.15) is 18.2 Å². The van der Waals surface area contributed by atoms with E-state index in [2.05, 4.69) is 15.3 Å². The van der Waals surface area contributed by atoms with Crippen molar-refractivity contribution in [3.8, 4) is 17.1 Å². The zero-order valence-electron chi connectivity index (χ0n) is 19.9. The first kappa shape index (κ1) is 24.3. The lowest BCUT2D eigenvalue weighted by atomic mass is 10.1. The van der Waals surface area contributed by atoms with Crippen molar-refractivity contribution >= 4 is 17.3 Å². The summed E-state index contributed by atoms with van der Waals surface area (Å²) in [7, 11) is 0. The second-order valence-electron chi connectivity index (χ2n) is 8.49. The Bertz CT molecular complexity index is 1510. The summed E-state index contributed by atoms with van der Waals surface area (Å²) in [4.78, 5) is 21.6. The minimum Gasteiger partial charge on any atom is -0.489 e. The maximum absolute atomic E-state index is 13.3. The van der Waals surface area contributed by atoms with E-state index in [1.165, 1.54) is 12.1 Å². The molecule has 3 aromatic carbocycles. The van der Waals surface area contributed by atoms with Gasteiger partial charge in [-0.05, 0) is 48.4 Å². The number of aromatic nitrogens is 2. The minimum absolute atomic E-state index is 0.0728. The fourth-order valence-electron chi connectivity index (χ4n) is 4.04. The minimum atomic E-state index is -4.51. The Balaban J connectivity index is 1.46. The fourth-order valence-corrected chi connectivity index (χ4v) is 4.04. The first-order chi connectivity index (χ1) is 17.8. The highest BCUT2D eigenvalue weighted by Gasteiger charge is 2.31. The molecule has 0 unspecified atom stereocenters. The van der Waals surface area contributed by atoms with Gasteiger partial charge in [0.15, 0.2) is 17.3 Å². The number of amidine groups is 1. The topological polar surface area (TPSA) is 70.6 Å². The molecule has 1 aliphatic heterocycles. The summed E-state index contributed by atoms with van der Waals surface area (Å²) < 4.78 is 47.4. The second-order valence-corrected chi connectivity index (χ2v) is 8.49. The molecule has 37 heavy (non-hydrogen) atoms. The number of benzene rings is 3. The molecule has 0 atom stereocenters. The number of ether oxygens (including phenoxy) is 1. The lowest BCUT2D eigenvalue weighted by molar-refractivity contribution is -0.137. The van der Waals surface area contributed by atoms with Gasteiger partial charge in [0.05, 0.1) is 5.56 Å². The molecule has 5 rings (SSSR count). The second kappa shape index (κ2) is 9.93. The van der Waals surface area contributed by atoms with E-state index in [9.17, 15) is 18.0 Å². The highest BCUT2D eigenvalue weighted by molar-refractivity contribution is 6.06. The Morgan fingerprint density at radius 1 is 0.919 bits per heavy atom. The number of nitrogens with zero attached hydrogens (tertiary/aromatic N) is 4. The van der Waals surface area contributed by atoms with Gasteiger partial charge in [-0.15, -0.1) is 0 Å². The molecule has 1 radical (unpaired) electrons. The van der Waals surface area contributed by atoms with Crippen molar-refractivity contribution in [1.29, 1.82) is 0 Å². The molecular formula is C28H22F3N4O2. The quantitative estimate of drug-likeness (QED) is 0.300. The molecule has 0 saturated carbocycles. The van der Waals surface area contributed by atoms with Crippen LogP contribution in [-0.2, 0) is 19.3 Å². The van der Waals surface area contributed by atoms with Gasteiger partial charge >= 0.3 is 11.7 Å². The van der Waals surface area contributed by atoms with Gasteiger partial charge in [-0.2, -0.15) is 18.2 Å². The first-order valence-electron chi connectivity index (χ1n) is 11.7. The third-order valence-corrected chi connectivity index (χ3v) is 5.82. The van der Waals surface area contributed by atoms with Crippen molar-refractivity contribution in [2.45, 2.75) is 32.7 Å². The summed E-state index contributed by atoms with van der Waals surface area (Å²) in [6.07, 6.45) is -3.86. The molecule has 6 nitrogen and oxygen atoms in total.